The third-order valence-electron chi connectivity index (χ3n) is 7.12. The number of fused-ring (bicyclic) bond motifs is 2. The molecule has 0 radical (unpaired) electrons. The molecule has 40 heavy (non-hydrogen) atoms. The maximum Gasteiger partial charge on any atom is 0.310 e. The van der Waals surface area contributed by atoms with E-state index in [9.17, 15) is 18.0 Å². The van der Waals surface area contributed by atoms with Gasteiger partial charge in [0.2, 0.25) is 0 Å². The van der Waals surface area contributed by atoms with Crippen LogP contribution < -0.4 is 9.47 Å². The number of ether oxygens (including phenoxy) is 3. The molecule has 0 amide bonds. The van der Waals surface area contributed by atoms with Gasteiger partial charge in [0.05, 0.1) is 29.5 Å². The van der Waals surface area contributed by atoms with Crippen LogP contribution in [0.3, 0.4) is 0 Å². The van der Waals surface area contributed by atoms with Crippen LogP contribution in [0.4, 0.5) is 13.2 Å². The first-order valence-corrected chi connectivity index (χ1v) is 12.7. The van der Waals surface area contributed by atoms with Crippen LogP contribution >= 0.6 is 0 Å². The minimum Gasteiger partial charge on any atom is -0.492 e. The average molecular weight is 548 g/mol. The number of benzene rings is 3. The summed E-state index contributed by atoms with van der Waals surface area (Å²) in [7, 11) is 0. The van der Waals surface area contributed by atoms with Gasteiger partial charge in [-0.05, 0) is 38.1 Å². The predicted octanol–water partition coefficient (Wildman–Crippen LogP) is 6.57. The van der Waals surface area contributed by atoms with Crippen LogP contribution in [0.1, 0.15) is 30.7 Å². The van der Waals surface area contributed by atoms with Gasteiger partial charge in [-0.2, -0.15) is 0 Å². The summed E-state index contributed by atoms with van der Waals surface area (Å²) in [6, 6.07) is 12.0. The Morgan fingerprint density at radius 2 is 1.98 bits per heavy atom. The number of nitrogens with one attached hydrogen (secondary N) is 2. The molecule has 0 spiro atoms. The van der Waals surface area contributed by atoms with Crippen LogP contribution in [-0.4, -0.2) is 34.1 Å². The van der Waals surface area contributed by atoms with Crippen LogP contribution in [0, 0.1) is 17.5 Å². The normalized spacial score (nSPS) is 16.1. The van der Waals surface area contributed by atoms with Crippen LogP contribution in [0.15, 0.2) is 60.9 Å². The lowest BCUT2D eigenvalue weighted by Crippen LogP contribution is -2.25. The molecule has 0 saturated heterocycles. The summed E-state index contributed by atoms with van der Waals surface area (Å²) in [4.78, 5) is 22.4. The number of halogens is 3. The molecular weight excluding hydrogens is 523 g/mol. The van der Waals surface area contributed by atoms with E-state index in [1.807, 2.05) is 25.1 Å². The highest BCUT2D eigenvalue weighted by Crippen LogP contribution is 2.45. The largest absolute Gasteiger partial charge is 0.492 e. The Hall–Kier alpha value is -4.73. The van der Waals surface area contributed by atoms with Crippen molar-refractivity contribution in [2.75, 3.05) is 13.2 Å². The van der Waals surface area contributed by atoms with Crippen LogP contribution in [-0.2, 0) is 21.4 Å². The zero-order valence-corrected chi connectivity index (χ0v) is 21.6. The topological polar surface area (TPSA) is 89.2 Å². The first-order chi connectivity index (χ1) is 19.3. The van der Waals surface area contributed by atoms with Crippen LogP contribution in [0.2, 0.25) is 0 Å². The molecule has 1 atom stereocenters. The van der Waals surface area contributed by atoms with Gasteiger partial charge >= 0.3 is 5.97 Å². The number of H-pyrrole nitrogens is 2. The van der Waals surface area contributed by atoms with E-state index < -0.39 is 28.6 Å². The Morgan fingerprint density at radius 3 is 2.80 bits per heavy atom. The third-order valence-corrected chi connectivity index (χ3v) is 7.12. The predicted molar refractivity (Wildman–Crippen MR) is 141 cm³/mol. The van der Waals surface area contributed by atoms with Gasteiger partial charge in [-0.15, -0.1) is 0 Å². The number of nitrogens with zero attached hydrogens (tertiary/aromatic N) is 1. The minimum atomic E-state index is -0.895. The molecule has 2 aromatic heterocycles. The molecule has 204 valence electrons. The van der Waals surface area contributed by atoms with Crippen molar-refractivity contribution in [3.8, 4) is 28.6 Å². The summed E-state index contributed by atoms with van der Waals surface area (Å²) in [5.41, 5.74) is 1.93. The molecule has 5 aromatic rings. The highest BCUT2D eigenvalue weighted by atomic mass is 19.1. The van der Waals surface area contributed by atoms with Crippen molar-refractivity contribution in [3.05, 3.63) is 95.2 Å². The highest BCUT2D eigenvalue weighted by Gasteiger charge is 2.41. The van der Waals surface area contributed by atoms with Gasteiger partial charge in [-0.3, -0.25) is 4.79 Å². The van der Waals surface area contributed by atoms with Gasteiger partial charge in [0, 0.05) is 40.7 Å². The number of para-hydroxylation sites is 1. The second kappa shape index (κ2) is 9.78. The highest BCUT2D eigenvalue weighted by molar-refractivity contribution is 5.82. The van der Waals surface area contributed by atoms with Crippen molar-refractivity contribution < 1.29 is 32.2 Å². The molecule has 1 unspecified atom stereocenters. The molecule has 6 rings (SSSR count). The van der Waals surface area contributed by atoms with Crippen molar-refractivity contribution in [2.45, 2.75) is 25.7 Å². The summed E-state index contributed by atoms with van der Waals surface area (Å²) >= 11 is 0. The Bertz CT molecular complexity index is 1760. The molecule has 2 N–H and O–H groups in total. The van der Waals surface area contributed by atoms with Crippen LogP contribution in [0.25, 0.3) is 22.3 Å². The number of carbonyl (C=O) groups excluding carboxylic acids is 1. The average Bonchev–Trinajstić information content (AvgIpc) is 3.68. The lowest BCUT2D eigenvalue weighted by molar-refractivity contribution is -0.142. The molecule has 7 nitrogen and oxygen atoms in total. The number of aromatic nitrogens is 3. The third kappa shape index (κ3) is 4.25. The molecule has 3 aromatic carbocycles. The van der Waals surface area contributed by atoms with Gasteiger partial charge in [-0.25, -0.2) is 18.2 Å². The first kappa shape index (κ1) is 25.5. The monoisotopic (exact) mass is 547 g/mol. The Labute approximate surface area is 226 Å². The lowest BCUT2D eigenvalue weighted by Gasteiger charge is -2.21. The SMILES string of the molecule is CCOC(=O)Cc1cccc2c1OCC2(C)c1cnc(-c2cc(Oc3c(F)cc4[nH]ccc4c3F)ccc2F)[nH]1. The molecule has 0 bridgehead atoms. The fourth-order valence-corrected chi connectivity index (χ4v) is 5.03. The number of imidazole rings is 1. The number of esters is 1. The van der Waals surface area contributed by atoms with E-state index >= 15 is 0 Å². The summed E-state index contributed by atoms with van der Waals surface area (Å²) in [5, 5.41) is 0.173. The van der Waals surface area contributed by atoms with Crippen LogP contribution in [0.5, 0.6) is 17.2 Å². The number of hydrogen-bond acceptors (Lipinski definition) is 5. The quantitative estimate of drug-likeness (QED) is 0.225. The molecule has 10 heteroatoms. The lowest BCUT2D eigenvalue weighted by atomic mass is 9.81. The van der Waals surface area contributed by atoms with E-state index in [0.717, 1.165) is 17.7 Å². The Morgan fingerprint density at radius 1 is 1.12 bits per heavy atom. The van der Waals surface area contributed by atoms with Crippen molar-refractivity contribution in [1.29, 1.82) is 0 Å². The van der Waals surface area contributed by atoms with Crippen molar-refractivity contribution >= 4 is 16.9 Å². The standard InChI is InChI=1S/C30H24F3N3O4/c1-3-38-25(37)11-16-5-4-6-20-27(16)39-15-30(20,2)24-14-35-29(36-24)19-12-17(7-8-21(19)31)40-28-22(32)13-23-18(26(28)33)9-10-34-23/h4-10,12-14,34H,3,11,15H2,1-2H3,(H,35,36). The van der Waals surface area contributed by atoms with Crippen molar-refractivity contribution in [1.82, 2.24) is 15.0 Å². The summed E-state index contributed by atoms with van der Waals surface area (Å²) in [5.74, 6) is -2.44. The molecule has 0 fully saturated rings. The number of rotatable bonds is 7. The fourth-order valence-electron chi connectivity index (χ4n) is 5.03. The maximum atomic E-state index is 14.9. The molecule has 1 aliphatic rings. The second-order valence-corrected chi connectivity index (χ2v) is 9.73. The van der Waals surface area contributed by atoms with Gasteiger partial charge in [0.1, 0.15) is 29.7 Å². The zero-order valence-electron chi connectivity index (χ0n) is 21.6. The smallest absolute Gasteiger partial charge is 0.310 e. The van der Waals surface area contributed by atoms with E-state index in [4.69, 9.17) is 14.2 Å². The summed E-state index contributed by atoms with van der Waals surface area (Å²) in [6.07, 6.45) is 3.17. The van der Waals surface area contributed by atoms with E-state index in [2.05, 4.69) is 15.0 Å². The zero-order chi connectivity index (χ0) is 28.0. The summed E-state index contributed by atoms with van der Waals surface area (Å²) < 4.78 is 61.1. The van der Waals surface area contributed by atoms with E-state index in [0.29, 0.717) is 22.5 Å². The minimum absolute atomic E-state index is 0.0337. The molecular formula is C30H24F3N3O4. The fraction of sp³-hybridized carbons (Fsp3) is 0.200. The van der Waals surface area contributed by atoms with Crippen molar-refractivity contribution in [2.24, 2.45) is 0 Å². The second-order valence-electron chi connectivity index (χ2n) is 9.73. The Kier molecular flexibility index (Phi) is 6.25. The molecule has 0 aliphatic carbocycles. The van der Waals surface area contributed by atoms with Gasteiger partial charge in [0.25, 0.3) is 0 Å². The first-order valence-electron chi connectivity index (χ1n) is 12.7. The Balaban J connectivity index is 1.31. The van der Waals surface area contributed by atoms with E-state index in [1.165, 1.54) is 24.4 Å². The van der Waals surface area contributed by atoms with Gasteiger partial charge in [0.15, 0.2) is 17.4 Å². The number of aromatic amines is 2. The molecule has 0 saturated carbocycles. The van der Waals surface area contributed by atoms with E-state index in [-0.39, 0.29) is 48.1 Å². The number of carbonyl (C=O) groups is 1. The maximum absolute atomic E-state index is 14.9. The summed E-state index contributed by atoms with van der Waals surface area (Å²) in [6.45, 7) is 4.27. The van der Waals surface area contributed by atoms with Gasteiger partial charge < -0.3 is 24.2 Å². The molecule has 1 aliphatic heterocycles. The van der Waals surface area contributed by atoms with E-state index in [1.54, 1.807) is 13.1 Å². The molecule has 3 heterocycles. The van der Waals surface area contributed by atoms with Crippen molar-refractivity contribution in [3.63, 3.8) is 0 Å². The number of hydrogen-bond donors (Lipinski definition) is 2. The van der Waals surface area contributed by atoms with Gasteiger partial charge in [-0.1, -0.05) is 18.2 Å².